The van der Waals surface area contributed by atoms with Crippen LogP contribution in [0, 0.1) is 5.82 Å². The van der Waals surface area contributed by atoms with Crippen LogP contribution in [0.2, 0.25) is 0 Å². The summed E-state index contributed by atoms with van der Waals surface area (Å²) in [6.07, 6.45) is -3.32. The Morgan fingerprint density at radius 1 is 1.11 bits per heavy atom. The highest BCUT2D eigenvalue weighted by atomic mass is 19.4. The van der Waals surface area contributed by atoms with E-state index in [1.54, 1.807) is 7.05 Å². The van der Waals surface area contributed by atoms with Gasteiger partial charge in [0.05, 0.1) is 23.1 Å². The van der Waals surface area contributed by atoms with E-state index in [9.17, 15) is 27.2 Å². The van der Waals surface area contributed by atoms with Crippen molar-refractivity contribution in [3.8, 4) is 16.9 Å². The van der Waals surface area contributed by atoms with Gasteiger partial charge in [0.15, 0.2) is 5.69 Å². The Kier molecular flexibility index (Phi) is 6.08. The number of halogens is 4. The normalized spacial score (nSPS) is 12.5. The molecule has 4 N–H and O–H groups in total. The Morgan fingerprint density at radius 3 is 2.44 bits per heavy atom. The first-order chi connectivity index (χ1) is 16.9. The first-order valence-electron chi connectivity index (χ1n) is 10.4. The SMILES string of the molecule is C[C@H](c1cc(N)cc(C(F)(F)F)c1)c1cc(=O)n(-c2ccc(F)c(-c3cnnn3C)c2)nc1C(N)=O. The van der Waals surface area contributed by atoms with Gasteiger partial charge in [-0.1, -0.05) is 12.1 Å². The molecule has 2 aromatic carbocycles. The Labute approximate surface area is 201 Å². The predicted octanol–water partition coefficient (Wildman–Crippen LogP) is 3.02. The molecule has 0 saturated carbocycles. The molecule has 186 valence electrons. The van der Waals surface area contributed by atoms with Crippen LogP contribution in [-0.4, -0.2) is 30.7 Å². The van der Waals surface area contributed by atoms with E-state index in [-0.39, 0.29) is 33.8 Å². The molecular formula is C23H19F4N7O2. The van der Waals surface area contributed by atoms with Gasteiger partial charge >= 0.3 is 6.18 Å². The number of carbonyl (C=O) groups is 1. The summed E-state index contributed by atoms with van der Waals surface area (Å²) in [5.41, 5.74) is 9.62. The molecule has 9 nitrogen and oxygen atoms in total. The monoisotopic (exact) mass is 501 g/mol. The second-order valence-corrected chi connectivity index (χ2v) is 8.08. The average Bonchev–Trinajstić information content (AvgIpc) is 3.23. The smallest absolute Gasteiger partial charge is 0.399 e. The molecule has 0 aliphatic carbocycles. The predicted molar refractivity (Wildman–Crippen MR) is 122 cm³/mol. The van der Waals surface area contributed by atoms with Gasteiger partial charge < -0.3 is 11.5 Å². The first-order valence-corrected chi connectivity index (χ1v) is 10.4. The van der Waals surface area contributed by atoms with Crippen LogP contribution < -0.4 is 17.0 Å². The van der Waals surface area contributed by atoms with Crippen molar-refractivity contribution in [3.05, 3.63) is 87.2 Å². The summed E-state index contributed by atoms with van der Waals surface area (Å²) in [7, 11) is 1.56. The number of nitrogens with zero attached hydrogens (tertiary/aromatic N) is 5. The molecule has 0 radical (unpaired) electrons. The largest absolute Gasteiger partial charge is 0.416 e. The Bertz CT molecular complexity index is 1540. The lowest BCUT2D eigenvalue weighted by Crippen LogP contribution is -2.28. The van der Waals surface area contributed by atoms with Crippen molar-refractivity contribution in [3.63, 3.8) is 0 Å². The Balaban J connectivity index is 1.85. The van der Waals surface area contributed by atoms with Crippen molar-refractivity contribution < 1.29 is 22.4 Å². The summed E-state index contributed by atoms with van der Waals surface area (Å²) < 4.78 is 56.5. The quantitative estimate of drug-likeness (QED) is 0.319. The molecule has 0 bridgehead atoms. The summed E-state index contributed by atoms with van der Waals surface area (Å²) in [6.45, 7) is 1.49. The molecular weight excluding hydrogens is 482 g/mol. The van der Waals surface area contributed by atoms with E-state index in [2.05, 4.69) is 15.4 Å². The fraction of sp³-hybridized carbons (Fsp3) is 0.174. The zero-order valence-electron chi connectivity index (χ0n) is 18.9. The first kappa shape index (κ1) is 24.6. The number of alkyl halides is 3. The van der Waals surface area contributed by atoms with Crippen molar-refractivity contribution in [2.24, 2.45) is 12.8 Å². The van der Waals surface area contributed by atoms with Gasteiger partial charge in [-0.15, -0.1) is 5.10 Å². The minimum absolute atomic E-state index is 0.0145. The number of anilines is 1. The number of primary amides is 1. The Morgan fingerprint density at radius 2 is 1.83 bits per heavy atom. The van der Waals surface area contributed by atoms with Gasteiger partial charge in [0.2, 0.25) is 0 Å². The van der Waals surface area contributed by atoms with E-state index in [1.807, 2.05) is 0 Å². The van der Waals surface area contributed by atoms with Crippen molar-refractivity contribution in [2.75, 3.05) is 5.73 Å². The molecule has 4 aromatic rings. The van der Waals surface area contributed by atoms with Crippen LogP contribution in [-0.2, 0) is 13.2 Å². The highest BCUT2D eigenvalue weighted by Crippen LogP contribution is 2.35. The Hall–Kier alpha value is -4.55. The van der Waals surface area contributed by atoms with Gasteiger partial charge in [0.25, 0.3) is 11.5 Å². The topological polar surface area (TPSA) is 135 Å². The summed E-state index contributed by atoms with van der Waals surface area (Å²) >= 11 is 0. The van der Waals surface area contributed by atoms with E-state index in [1.165, 1.54) is 36.0 Å². The van der Waals surface area contributed by atoms with Crippen LogP contribution in [0.5, 0.6) is 0 Å². The van der Waals surface area contributed by atoms with E-state index < -0.39 is 34.9 Å². The summed E-state index contributed by atoms with van der Waals surface area (Å²) in [6, 6.07) is 7.74. The molecule has 1 amide bonds. The number of benzene rings is 2. The molecule has 2 heterocycles. The second kappa shape index (κ2) is 8.91. The molecule has 4 rings (SSSR count). The standard InChI is InChI=1S/C23H19F4N7O2/c1-11(12-5-13(23(25,26)27)7-14(28)6-12)16-9-20(35)34(31-21(16)22(29)36)15-3-4-18(24)17(8-15)19-10-30-32-33(19)2/h3-11H,28H2,1-2H3,(H2,29,36)/t11-/m1/s1. The van der Waals surface area contributed by atoms with Crippen molar-refractivity contribution in [1.82, 2.24) is 24.8 Å². The number of carbonyl (C=O) groups excluding carboxylic acids is 1. The lowest BCUT2D eigenvalue weighted by Gasteiger charge is -2.18. The third-order valence-electron chi connectivity index (χ3n) is 5.65. The molecule has 0 unspecified atom stereocenters. The second-order valence-electron chi connectivity index (χ2n) is 8.08. The molecule has 13 heteroatoms. The minimum Gasteiger partial charge on any atom is -0.399 e. The third kappa shape index (κ3) is 4.54. The van der Waals surface area contributed by atoms with Crippen molar-refractivity contribution in [1.29, 1.82) is 0 Å². The summed E-state index contributed by atoms with van der Waals surface area (Å²) in [5.74, 6) is -2.51. The fourth-order valence-corrected chi connectivity index (χ4v) is 3.82. The van der Waals surface area contributed by atoms with E-state index in [0.717, 1.165) is 28.9 Å². The van der Waals surface area contributed by atoms with Gasteiger partial charge in [-0.3, -0.25) is 9.59 Å². The lowest BCUT2D eigenvalue weighted by molar-refractivity contribution is -0.137. The van der Waals surface area contributed by atoms with Crippen LogP contribution in [0.1, 0.15) is 40.0 Å². The number of nitrogens with two attached hydrogens (primary N) is 2. The lowest BCUT2D eigenvalue weighted by atomic mass is 9.90. The molecule has 0 aliphatic heterocycles. The maximum Gasteiger partial charge on any atom is 0.416 e. The van der Waals surface area contributed by atoms with Crippen LogP contribution >= 0.6 is 0 Å². The van der Waals surface area contributed by atoms with Gasteiger partial charge in [-0.2, -0.15) is 23.0 Å². The van der Waals surface area contributed by atoms with Gasteiger partial charge in [0, 0.05) is 30.3 Å². The molecule has 36 heavy (non-hydrogen) atoms. The highest BCUT2D eigenvalue weighted by molar-refractivity contribution is 5.92. The van der Waals surface area contributed by atoms with E-state index >= 15 is 0 Å². The number of amides is 1. The van der Waals surface area contributed by atoms with Crippen LogP contribution in [0.25, 0.3) is 16.9 Å². The molecule has 0 aliphatic rings. The van der Waals surface area contributed by atoms with Gasteiger partial charge in [0.1, 0.15) is 5.82 Å². The molecule has 1 atom stereocenters. The van der Waals surface area contributed by atoms with Crippen LogP contribution in [0.3, 0.4) is 0 Å². The highest BCUT2D eigenvalue weighted by Gasteiger charge is 2.32. The van der Waals surface area contributed by atoms with E-state index in [0.29, 0.717) is 5.69 Å². The van der Waals surface area contributed by atoms with Crippen molar-refractivity contribution in [2.45, 2.75) is 19.0 Å². The fourth-order valence-electron chi connectivity index (χ4n) is 3.82. The molecule has 0 fully saturated rings. The number of nitrogen functional groups attached to an aromatic ring is 1. The van der Waals surface area contributed by atoms with Gasteiger partial charge in [-0.25, -0.2) is 9.07 Å². The van der Waals surface area contributed by atoms with Crippen LogP contribution in [0.15, 0.2) is 53.5 Å². The molecule has 2 aromatic heterocycles. The van der Waals surface area contributed by atoms with Crippen LogP contribution in [0.4, 0.5) is 23.2 Å². The zero-order chi connectivity index (χ0) is 26.4. The molecule has 0 spiro atoms. The summed E-state index contributed by atoms with van der Waals surface area (Å²) in [4.78, 5) is 25.3. The average molecular weight is 501 g/mol. The summed E-state index contributed by atoms with van der Waals surface area (Å²) in [5, 5.41) is 11.5. The van der Waals surface area contributed by atoms with Gasteiger partial charge in [-0.05, 0) is 47.5 Å². The third-order valence-corrected chi connectivity index (χ3v) is 5.65. The number of rotatable bonds is 5. The zero-order valence-corrected chi connectivity index (χ0v) is 18.9. The maximum absolute atomic E-state index is 14.5. The number of aryl methyl sites for hydroxylation is 1. The number of hydrogen-bond acceptors (Lipinski definition) is 6. The maximum atomic E-state index is 14.5. The van der Waals surface area contributed by atoms with Crippen molar-refractivity contribution >= 4 is 11.6 Å². The van der Waals surface area contributed by atoms with E-state index in [4.69, 9.17) is 11.5 Å². The minimum atomic E-state index is -4.65. The molecule has 0 saturated heterocycles. The number of aromatic nitrogens is 5. The number of hydrogen-bond donors (Lipinski definition) is 2.